The number of rotatable bonds is 7. The van der Waals surface area contributed by atoms with Crippen molar-refractivity contribution in [2.75, 3.05) is 11.4 Å². The first-order valence-corrected chi connectivity index (χ1v) is 11.2. The molecule has 0 N–H and O–H groups in total. The van der Waals surface area contributed by atoms with Gasteiger partial charge in [-0.1, -0.05) is 23.5 Å². The molecule has 1 aromatic carbocycles. The van der Waals surface area contributed by atoms with Crippen LogP contribution in [-0.2, 0) is 11.3 Å². The van der Waals surface area contributed by atoms with Gasteiger partial charge in [0.25, 0.3) is 5.91 Å². The molecule has 0 saturated carbocycles. The molecular weight excluding hydrogens is 436 g/mol. The quantitative estimate of drug-likeness (QED) is 0.332. The standard InChI is InChI=1S/C22H22N4OS2.ClH/c1-16-6-8-19-21(17(16)2)24-22(29-19)26(12-4-11-25-13-10-23-15-25)20(27)9-7-18-5-3-14-28-18;/h3,5-10,13-15H,4,11-12H2,1-2H3;1H. The molecule has 0 aliphatic heterocycles. The van der Waals surface area contributed by atoms with Crippen molar-refractivity contribution in [3.8, 4) is 0 Å². The SMILES string of the molecule is Cc1ccc2sc(N(CCCn3ccnc3)C(=O)C=Cc3cccs3)nc2c1C.Cl. The summed E-state index contributed by atoms with van der Waals surface area (Å²) in [4.78, 5) is 24.8. The van der Waals surface area contributed by atoms with Crippen molar-refractivity contribution >= 4 is 62.4 Å². The van der Waals surface area contributed by atoms with E-state index in [0.29, 0.717) is 6.54 Å². The maximum Gasteiger partial charge on any atom is 0.252 e. The van der Waals surface area contributed by atoms with Crippen molar-refractivity contribution in [1.29, 1.82) is 0 Å². The fourth-order valence-electron chi connectivity index (χ4n) is 3.09. The van der Waals surface area contributed by atoms with E-state index in [1.54, 1.807) is 46.2 Å². The lowest BCUT2D eigenvalue weighted by Gasteiger charge is -2.18. The first kappa shape index (κ1) is 22.2. The number of halogens is 1. The van der Waals surface area contributed by atoms with Gasteiger partial charge in [0.1, 0.15) is 0 Å². The fourth-order valence-corrected chi connectivity index (χ4v) is 4.76. The van der Waals surface area contributed by atoms with Crippen LogP contribution in [0.25, 0.3) is 16.3 Å². The molecule has 0 aliphatic carbocycles. The van der Waals surface area contributed by atoms with E-state index in [4.69, 9.17) is 4.98 Å². The number of benzene rings is 1. The van der Waals surface area contributed by atoms with Crippen molar-refractivity contribution in [3.05, 3.63) is 70.4 Å². The summed E-state index contributed by atoms with van der Waals surface area (Å²) in [7, 11) is 0. The van der Waals surface area contributed by atoms with Gasteiger partial charge < -0.3 is 4.57 Å². The molecule has 0 radical (unpaired) electrons. The molecule has 1 amide bonds. The lowest BCUT2D eigenvalue weighted by atomic mass is 10.1. The molecule has 0 saturated heterocycles. The fraction of sp³-hybridized carbons (Fsp3) is 0.227. The molecule has 0 unspecified atom stereocenters. The smallest absolute Gasteiger partial charge is 0.252 e. The normalized spacial score (nSPS) is 11.1. The summed E-state index contributed by atoms with van der Waals surface area (Å²) < 4.78 is 3.13. The first-order valence-electron chi connectivity index (χ1n) is 9.47. The van der Waals surface area contributed by atoms with Gasteiger partial charge in [0.05, 0.1) is 16.5 Å². The number of hydrogen-bond acceptors (Lipinski definition) is 5. The molecule has 0 bridgehead atoms. The van der Waals surface area contributed by atoms with Crippen LogP contribution >= 0.6 is 35.1 Å². The third kappa shape index (κ3) is 4.98. The maximum atomic E-state index is 13.1. The number of thiazole rings is 1. The zero-order valence-electron chi connectivity index (χ0n) is 16.8. The van der Waals surface area contributed by atoms with Crippen LogP contribution in [0, 0.1) is 13.8 Å². The number of carbonyl (C=O) groups is 1. The Hall–Kier alpha value is -2.48. The van der Waals surface area contributed by atoms with Crippen molar-refractivity contribution in [2.45, 2.75) is 26.8 Å². The number of aryl methyl sites for hydroxylation is 3. The average Bonchev–Trinajstić information content (AvgIpc) is 3.48. The first-order chi connectivity index (χ1) is 14.1. The van der Waals surface area contributed by atoms with Crippen molar-refractivity contribution in [1.82, 2.24) is 14.5 Å². The number of imidazole rings is 1. The third-order valence-electron chi connectivity index (χ3n) is 4.86. The number of anilines is 1. The van der Waals surface area contributed by atoms with E-state index in [1.807, 2.05) is 34.4 Å². The Morgan fingerprint density at radius 2 is 2.13 bits per heavy atom. The Balaban J connectivity index is 0.00000256. The van der Waals surface area contributed by atoms with E-state index in [2.05, 4.69) is 31.0 Å². The largest absolute Gasteiger partial charge is 0.337 e. The summed E-state index contributed by atoms with van der Waals surface area (Å²) in [6.45, 7) is 5.58. The lowest BCUT2D eigenvalue weighted by molar-refractivity contribution is -0.114. The highest BCUT2D eigenvalue weighted by molar-refractivity contribution is 7.22. The number of thiophene rings is 1. The second-order valence-electron chi connectivity index (χ2n) is 6.84. The minimum absolute atomic E-state index is 0. The minimum Gasteiger partial charge on any atom is -0.337 e. The molecule has 30 heavy (non-hydrogen) atoms. The van der Waals surface area contributed by atoms with E-state index in [0.717, 1.165) is 33.2 Å². The van der Waals surface area contributed by atoms with Gasteiger partial charge in [0.2, 0.25) is 0 Å². The minimum atomic E-state index is -0.0440. The monoisotopic (exact) mass is 458 g/mol. The summed E-state index contributed by atoms with van der Waals surface area (Å²) in [6, 6.07) is 8.19. The highest BCUT2D eigenvalue weighted by Crippen LogP contribution is 2.32. The Bertz CT molecular complexity index is 1130. The molecule has 156 valence electrons. The summed E-state index contributed by atoms with van der Waals surface area (Å²) >= 11 is 3.19. The summed E-state index contributed by atoms with van der Waals surface area (Å²) in [5.41, 5.74) is 3.37. The van der Waals surface area contributed by atoms with Gasteiger partial charge in [-0.15, -0.1) is 23.7 Å². The van der Waals surface area contributed by atoms with Crippen LogP contribution < -0.4 is 4.90 Å². The number of carbonyl (C=O) groups excluding carboxylic acids is 1. The van der Waals surface area contributed by atoms with Gasteiger partial charge in [-0.2, -0.15) is 0 Å². The maximum absolute atomic E-state index is 13.1. The van der Waals surface area contributed by atoms with Gasteiger partial charge >= 0.3 is 0 Å². The Morgan fingerprint density at radius 3 is 2.87 bits per heavy atom. The van der Waals surface area contributed by atoms with Crippen LogP contribution in [0.1, 0.15) is 22.4 Å². The second-order valence-corrected chi connectivity index (χ2v) is 8.83. The Kier molecular flexibility index (Phi) is 7.42. The van der Waals surface area contributed by atoms with Crippen LogP contribution in [0.3, 0.4) is 0 Å². The van der Waals surface area contributed by atoms with Gasteiger partial charge in [-0.25, -0.2) is 9.97 Å². The van der Waals surface area contributed by atoms with E-state index < -0.39 is 0 Å². The van der Waals surface area contributed by atoms with Gasteiger partial charge in [-0.3, -0.25) is 9.69 Å². The Labute approximate surface area is 190 Å². The van der Waals surface area contributed by atoms with Crippen LogP contribution in [0.4, 0.5) is 5.13 Å². The zero-order chi connectivity index (χ0) is 20.2. The summed E-state index contributed by atoms with van der Waals surface area (Å²) in [5, 5.41) is 2.76. The number of hydrogen-bond donors (Lipinski definition) is 0. The predicted molar refractivity (Wildman–Crippen MR) is 129 cm³/mol. The van der Waals surface area contributed by atoms with Crippen molar-refractivity contribution in [2.24, 2.45) is 0 Å². The predicted octanol–water partition coefficient (Wildman–Crippen LogP) is 5.73. The highest BCUT2D eigenvalue weighted by atomic mass is 35.5. The zero-order valence-corrected chi connectivity index (χ0v) is 19.3. The molecule has 4 aromatic rings. The Morgan fingerprint density at radius 1 is 1.27 bits per heavy atom. The summed E-state index contributed by atoms with van der Waals surface area (Å²) in [5.74, 6) is -0.0440. The molecular formula is C22H23ClN4OS2. The van der Waals surface area contributed by atoms with Crippen LogP contribution in [0.2, 0.25) is 0 Å². The van der Waals surface area contributed by atoms with Gasteiger partial charge in [-0.05, 0) is 55.0 Å². The average molecular weight is 459 g/mol. The number of fused-ring (bicyclic) bond motifs is 1. The van der Waals surface area contributed by atoms with Crippen LogP contribution in [-0.4, -0.2) is 27.0 Å². The molecule has 0 aliphatic rings. The third-order valence-corrected chi connectivity index (χ3v) is 6.74. The molecule has 0 spiro atoms. The number of amides is 1. The van der Waals surface area contributed by atoms with E-state index in [9.17, 15) is 4.79 Å². The van der Waals surface area contributed by atoms with Gasteiger partial charge in [0.15, 0.2) is 5.13 Å². The molecule has 4 rings (SSSR count). The molecule has 8 heteroatoms. The topological polar surface area (TPSA) is 51.0 Å². The van der Waals surface area contributed by atoms with Crippen molar-refractivity contribution < 1.29 is 4.79 Å². The molecule has 0 atom stereocenters. The van der Waals surface area contributed by atoms with E-state index in [-0.39, 0.29) is 18.3 Å². The highest BCUT2D eigenvalue weighted by Gasteiger charge is 2.18. The lowest BCUT2D eigenvalue weighted by Crippen LogP contribution is -2.30. The van der Waals surface area contributed by atoms with Crippen LogP contribution in [0.15, 0.2) is 54.4 Å². The second kappa shape index (κ2) is 10.0. The summed E-state index contributed by atoms with van der Waals surface area (Å²) in [6.07, 6.45) is 9.85. The number of aromatic nitrogens is 3. The van der Waals surface area contributed by atoms with Crippen LogP contribution in [0.5, 0.6) is 0 Å². The van der Waals surface area contributed by atoms with Crippen molar-refractivity contribution in [3.63, 3.8) is 0 Å². The molecule has 5 nitrogen and oxygen atoms in total. The number of nitrogens with zero attached hydrogens (tertiary/aromatic N) is 4. The van der Waals surface area contributed by atoms with Gasteiger partial charge in [0, 0.05) is 36.4 Å². The van der Waals surface area contributed by atoms with E-state index in [1.165, 1.54) is 11.1 Å². The molecule has 3 aromatic heterocycles. The molecule has 0 fully saturated rings. The molecule has 3 heterocycles. The van der Waals surface area contributed by atoms with E-state index >= 15 is 0 Å².